The second kappa shape index (κ2) is 9.67. The Morgan fingerprint density at radius 1 is 0.970 bits per heavy atom. The molecule has 4 rings (SSSR count). The molecule has 0 aliphatic carbocycles. The molecule has 1 heterocycles. The Hall–Kier alpha value is -3.97. The lowest BCUT2D eigenvalue weighted by Gasteiger charge is -2.38. The summed E-state index contributed by atoms with van der Waals surface area (Å²) in [4.78, 5) is 13.8. The van der Waals surface area contributed by atoms with Crippen molar-refractivity contribution < 1.29 is 29.2 Å². The van der Waals surface area contributed by atoms with Crippen molar-refractivity contribution in [3.05, 3.63) is 101 Å². The molecular weight excluding hydrogens is 422 g/mol. The minimum Gasteiger partial charge on any atom is -0.505 e. The van der Waals surface area contributed by atoms with Crippen LogP contribution < -0.4 is 9.47 Å². The third kappa shape index (κ3) is 4.49. The Labute approximate surface area is 192 Å². The van der Waals surface area contributed by atoms with Gasteiger partial charge in [-0.1, -0.05) is 54.6 Å². The Morgan fingerprint density at radius 3 is 2.39 bits per heavy atom. The van der Waals surface area contributed by atoms with Gasteiger partial charge in [-0.2, -0.15) is 0 Å². The summed E-state index contributed by atoms with van der Waals surface area (Å²) in [6.07, 6.45) is -0.741. The zero-order valence-electron chi connectivity index (χ0n) is 18.4. The minimum atomic E-state index is -1.25. The van der Waals surface area contributed by atoms with Crippen LogP contribution in [-0.2, 0) is 22.7 Å². The predicted molar refractivity (Wildman–Crippen MR) is 123 cm³/mol. The summed E-state index contributed by atoms with van der Waals surface area (Å²) in [7, 11) is 3.10. The summed E-state index contributed by atoms with van der Waals surface area (Å²) >= 11 is 0. The van der Waals surface area contributed by atoms with Crippen LogP contribution in [0, 0.1) is 0 Å². The number of aliphatic carboxylic acids is 1. The molecule has 170 valence electrons. The molecule has 7 heteroatoms. The smallest absolute Gasteiger partial charge is 0.356 e. The van der Waals surface area contributed by atoms with Gasteiger partial charge in [-0.15, -0.1) is 0 Å². The molecule has 7 nitrogen and oxygen atoms in total. The van der Waals surface area contributed by atoms with E-state index in [9.17, 15) is 15.0 Å². The van der Waals surface area contributed by atoms with Crippen LogP contribution in [0.3, 0.4) is 0 Å². The van der Waals surface area contributed by atoms with Crippen molar-refractivity contribution in [3.8, 4) is 11.5 Å². The number of aliphatic hydroxyl groups is 1. The maximum absolute atomic E-state index is 12.3. The van der Waals surface area contributed by atoms with Crippen molar-refractivity contribution in [2.45, 2.75) is 19.4 Å². The maximum atomic E-state index is 12.3. The molecule has 1 unspecified atom stereocenters. The van der Waals surface area contributed by atoms with Gasteiger partial charge in [-0.3, -0.25) is 0 Å². The number of rotatable bonds is 8. The quantitative estimate of drug-likeness (QED) is 0.515. The summed E-state index contributed by atoms with van der Waals surface area (Å²) in [5, 5.41) is 20.9. The van der Waals surface area contributed by atoms with E-state index in [1.165, 1.54) is 0 Å². The molecule has 0 amide bonds. The van der Waals surface area contributed by atoms with E-state index in [4.69, 9.17) is 14.2 Å². The molecule has 0 radical (unpaired) electrons. The molecule has 1 aliphatic heterocycles. The molecule has 0 saturated heterocycles. The van der Waals surface area contributed by atoms with Crippen LogP contribution in [0.2, 0.25) is 0 Å². The fraction of sp³-hybridized carbons (Fsp3) is 0.192. The van der Waals surface area contributed by atoms with E-state index in [1.54, 1.807) is 43.4 Å². The van der Waals surface area contributed by atoms with Crippen molar-refractivity contribution in [1.29, 1.82) is 0 Å². The molecule has 0 saturated carbocycles. The molecule has 3 aromatic carbocycles. The first-order chi connectivity index (χ1) is 16.0. The number of hydrogen-bond donors (Lipinski definition) is 2. The number of ether oxygens (including phenoxy) is 3. The van der Waals surface area contributed by atoms with Crippen LogP contribution in [0.4, 0.5) is 0 Å². The van der Waals surface area contributed by atoms with Gasteiger partial charge >= 0.3 is 5.97 Å². The summed E-state index contributed by atoms with van der Waals surface area (Å²) < 4.78 is 17.1. The number of aliphatic hydroxyl groups excluding tert-OH is 1. The molecule has 0 aromatic heterocycles. The summed E-state index contributed by atoms with van der Waals surface area (Å²) in [5.74, 6) is -0.388. The predicted octanol–water partition coefficient (Wildman–Crippen LogP) is 4.75. The number of nitrogens with zero attached hydrogens (tertiary/aromatic N) is 1. The topological polar surface area (TPSA) is 88.5 Å². The highest BCUT2D eigenvalue weighted by atomic mass is 16.5. The van der Waals surface area contributed by atoms with Crippen molar-refractivity contribution in [3.63, 3.8) is 0 Å². The number of carbonyl (C=O) groups is 1. The van der Waals surface area contributed by atoms with Crippen LogP contribution in [0.1, 0.15) is 28.5 Å². The first kappa shape index (κ1) is 22.2. The monoisotopic (exact) mass is 447 g/mol. The second-order valence-electron chi connectivity index (χ2n) is 7.54. The van der Waals surface area contributed by atoms with E-state index in [0.29, 0.717) is 22.6 Å². The molecule has 0 spiro atoms. The third-order valence-electron chi connectivity index (χ3n) is 5.56. The van der Waals surface area contributed by atoms with E-state index >= 15 is 0 Å². The van der Waals surface area contributed by atoms with Crippen molar-refractivity contribution in [1.82, 2.24) is 4.90 Å². The molecule has 3 aromatic rings. The highest BCUT2D eigenvalue weighted by Crippen LogP contribution is 2.41. The first-order valence-corrected chi connectivity index (χ1v) is 10.4. The molecule has 0 bridgehead atoms. The van der Waals surface area contributed by atoms with E-state index in [2.05, 4.69) is 0 Å². The van der Waals surface area contributed by atoms with Crippen molar-refractivity contribution in [2.75, 3.05) is 14.2 Å². The zero-order valence-corrected chi connectivity index (χ0v) is 18.4. The van der Waals surface area contributed by atoms with Crippen LogP contribution in [-0.4, -0.2) is 35.3 Å². The van der Waals surface area contributed by atoms with Gasteiger partial charge in [-0.05, 0) is 17.7 Å². The highest BCUT2D eigenvalue weighted by molar-refractivity contribution is 5.95. The van der Waals surface area contributed by atoms with Crippen LogP contribution >= 0.6 is 0 Å². The van der Waals surface area contributed by atoms with Gasteiger partial charge in [0.1, 0.15) is 11.5 Å². The zero-order chi connectivity index (χ0) is 23.4. The van der Waals surface area contributed by atoms with E-state index in [0.717, 1.165) is 11.1 Å². The lowest BCUT2D eigenvalue weighted by molar-refractivity contribution is -0.138. The van der Waals surface area contributed by atoms with Gasteiger partial charge in [0.15, 0.2) is 17.7 Å². The van der Waals surface area contributed by atoms with Crippen molar-refractivity contribution >= 4 is 11.7 Å². The number of carboxylic acids is 1. The summed E-state index contributed by atoms with van der Waals surface area (Å²) in [5.41, 5.74) is 2.56. The van der Waals surface area contributed by atoms with Gasteiger partial charge in [0, 0.05) is 29.3 Å². The van der Waals surface area contributed by atoms with Crippen LogP contribution in [0.25, 0.3) is 5.76 Å². The maximum Gasteiger partial charge on any atom is 0.356 e. The lowest BCUT2D eigenvalue weighted by atomic mass is 9.96. The fourth-order valence-corrected chi connectivity index (χ4v) is 3.96. The van der Waals surface area contributed by atoms with E-state index < -0.39 is 12.2 Å². The highest BCUT2D eigenvalue weighted by Gasteiger charge is 2.37. The largest absolute Gasteiger partial charge is 0.505 e. The number of carboxylic acid groups (broad SMARTS) is 1. The van der Waals surface area contributed by atoms with E-state index in [-0.39, 0.29) is 24.6 Å². The van der Waals surface area contributed by atoms with Gasteiger partial charge in [0.2, 0.25) is 0 Å². The Morgan fingerprint density at radius 2 is 1.70 bits per heavy atom. The summed E-state index contributed by atoms with van der Waals surface area (Å²) in [6.45, 7) is 0.399. The molecule has 0 fully saturated rings. The van der Waals surface area contributed by atoms with Crippen molar-refractivity contribution in [2.24, 2.45) is 0 Å². The number of hydrogen-bond acceptors (Lipinski definition) is 6. The lowest BCUT2D eigenvalue weighted by Crippen LogP contribution is -2.37. The molecule has 1 aliphatic rings. The average molecular weight is 447 g/mol. The molecule has 2 N–H and O–H groups in total. The fourth-order valence-electron chi connectivity index (χ4n) is 3.96. The number of methoxy groups -OCH3 is 2. The van der Waals surface area contributed by atoms with E-state index in [1.807, 2.05) is 48.5 Å². The Kier molecular flexibility index (Phi) is 6.51. The number of benzene rings is 3. The molecule has 1 atom stereocenters. The van der Waals surface area contributed by atoms with Gasteiger partial charge in [0.25, 0.3) is 0 Å². The Bertz CT molecular complexity index is 1170. The van der Waals surface area contributed by atoms with Crippen LogP contribution in [0.5, 0.6) is 11.5 Å². The standard InChI is InChI=1S/C26H25NO6/c1-31-19-13-12-18(22(14-19)32-2)15-27-23(26(29)30)24(28)20-10-6-7-11-21(20)25(27)33-16-17-8-4-3-5-9-17/h3-14,25,28H,15-16H2,1-2H3,(H,29,30). The average Bonchev–Trinajstić information content (AvgIpc) is 2.84. The van der Waals surface area contributed by atoms with Gasteiger partial charge < -0.3 is 29.3 Å². The van der Waals surface area contributed by atoms with Gasteiger partial charge in [0.05, 0.1) is 20.8 Å². The normalized spacial score (nSPS) is 15.2. The first-order valence-electron chi connectivity index (χ1n) is 10.4. The second-order valence-corrected chi connectivity index (χ2v) is 7.54. The number of fused-ring (bicyclic) bond motifs is 1. The third-order valence-corrected chi connectivity index (χ3v) is 5.56. The van der Waals surface area contributed by atoms with Gasteiger partial charge in [-0.25, -0.2) is 4.79 Å². The Balaban J connectivity index is 1.78. The van der Waals surface area contributed by atoms with Crippen LogP contribution in [0.15, 0.2) is 78.5 Å². The SMILES string of the molecule is COc1ccc(CN2C(C(=O)O)=C(O)c3ccccc3C2OCc2ccccc2)c(OC)c1. The summed E-state index contributed by atoms with van der Waals surface area (Å²) in [6, 6.07) is 22.1. The minimum absolute atomic E-state index is 0.132. The molecule has 33 heavy (non-hydrogen) atoms. The molecular formula is C26H25NO6.